The van der Waals surface area contributed by atoms with Gasteiger partial charge in [0.15, 0.2) is 0 Å². The van der Waals surface area contributed by atoms with Gasteiger partial charge in [0.05, 0.1) is 6.04 Å². The number of para-hydroxylation sites is 1. The third-order valence-electron chi connectivity index (χ3n) is 6.36. The van der Waals surface area contributed by atoms with Crippen LogP contribution >= 0.6 is 0 Å². The molecule has 8 nitrogen and oxygen atoms in total. The summed E-state index contributed by atoms with van der Waals surface area (Å²) >= 11 is 0. The molecule has 1 amide bonds. The van der Waals surface area contributed by atoms with Crippen LogP contribution in [0.1, 0.15) is 50.5 Å². The van der Waals surface area contributed by atoms with Crippen molar-refractivity contribution in [1.82, 2.24) is 10.6 Å². The van der Waals surface area contributed by atoms with E-state index in [-0.39, 0.29) is 5.91 Å². The van der Waals surface area contributed by atoms with E-state index in [2.05, 4.69) is 10.6 Å². The predicted octanol–water partition coefficient (Wildman–Crippen LogP) is 2.02. The zero-order valence-corrected chi connectivity index (χ0v) is 17.9. The summed E-state index contributed by atoms with van der Waals surface area (Å²) in [5.74, 6) is -1.74. The second-order valence-electron chi connectivity index (χ2n) is 8.57. The normalized spacial score (nSPS) is 20.7. The van der Waals surface area contributed by atoms with Crippen LogP contribution in [0.25, 0.3) is 0 Å². The Bertz CT molecular complexity index is 778. The van der Waals surface area contributed by atoms with E-state index in [1.54, 1.807) is 12.1 Å². The molecule has 31 heavy (non-hydrogen) atoms. The lowest BCUT2D eigenvalue weighted by atomic mass is 9.91. The van der Waals surface area contributed by atoms with Crippen LogP contribution in [0.5, 0.6) is 0 Å². The lowest BCUT2D eigenvalue weighted by molar-refractivity contribution is -0.140. The summed E-state index contributed by atoms with van der Waals surface area (Å²) in [6.45, 7) is 1.67. The highest BCUT2D eigenvalue weighted by Crippen LogP contribution is 2.27. The van der Waals surface area contributed by atoms with Gasteiger partial charge in [-0.15, -0.1) is 0 Å². The van der Waals surface area contributed by atoms with Crippen molar-refractivity contribution in [3.8, 4) is 0 Å². The van der Waals surface area contributed by atoms with Gasteiger partial charge in [-0.2, -0.15) is 0 Å². The molecule has 2 aliphatic rings. The van der Waals surface area contributed by atoms with Crippen molar-refractivity contribution in [2.24, 2.45) is 5.92 Å². The van der Waals surface area contributed by atoms with Crippen LogP contribution in [-0.2, 0) is 20.8 Å². The molecule has 2 heterocycles. The largest absolute Gasteiger partial charge is 0.480 e. The first-order chi connectivity index (χ1) is 15.0. The maximum Gasteiger partial charge on any atom is 0.323 e. The third-order valence-corrected chi connectivity index (χ3v) is 6.36. The average molecular weight is 432 g/mol. The Balaban J connectivity index is 1.60. The minimum Gasteiger partial charge on any atom is -0.480 e. The molecule has 2 aliphatic heterocycles. The van der Waals surface area contributed by atoms with Gasteiger partial charge in [0.25, 0.3) is 0 Å². The molecule has 0 aromatic heterocycles. The Kier molecular flexibility index (Phi) is 8.43. The number of hydrogen-bond donors (Lipinski definition) is 4. The molecule has 0 aliphatic carbocycles. The molecular weight excluding hydrogens is 398 g/mol. The first kappa shape index (κ1) is 23.2. The Morgan fingerprint density at radius 2 is 1.87 bits per heavy atom. The van der Waals surface area contributed by atoms with Gasteiger partial charge in [-0.25, -0.2) is 0 Å². The number of hydrogen-bond acceptors (Lipinski definition) is 5. The average Bonchev–Trinajstić information content (AvgIpc) is 2.88. The van der Waals surface area contributed by atoms with Gasteiger partial charge < -0.3 is 15.5 Å². The van der Waals surface area contributed by atoms with Crippen LogP contribution in [0.3, 0.4) is 0 Å². The zero-order chi connectivity index (χ0) is 22.2. The van der Waals surface area contributed by atoms with E-state index in [1.807, 2.05) is 12.1 Å². The second kappa shape index (κ2) is 11.2. The number of fused-ring (bicyclic) bond motifs is 1. The number of carbonyl (C=O) groups is 3. The quantitative estimate of drug-likeness (QED) is 0.419. The van der Waals surface area contributed by atoms with Gasteiger partial charge in [-0.05, 0) is 62.7 Å². The van der Waals surface area contributed by atoms with Crippen molar-refractivity contribution in [2.45, 2.75) is 63.5 Å². The summed E-state index contributed by atoms with van der Waals surface area (Å²) in [7, 11) is 0. The number of amides is 1. The zero-order valence-electron chi connectivity index (χ0n) is 17.9. The van der Waals surface area contributed by atoms with E-state index in [9.17, 15) is 24.6 Å². The molecule has 0 radical (unpaired) electrons. The van der Waals surface area contributed by atoms with E-state index >= 15 is 0 Å². The molecule has 170 valence electrons. The van der Waals surface area contributed by atoms with Gasteiger partial charge in [0, 0.05) is 5.69 Å². The van der Waals surface area contributed by atoms with E-state index < -0.39 is 30.6 Å². The standard InChI is InChI=1S/C23H33N3O5/c27-21(28)15-26-20-8-4-2-6-17(20)9-10-18(22(26)29)25-19(23(30)31)7-3-1-5-16-11-13-24-14-12-16/h2,4,6,8,16,18-19,24-25H,1,3,5,7,9-15H2,(H,27,28)(H,30,31)/t18?,19-/m0/s1. The van der Waals surface area contributed by atoms with Gasteiger partial charge in [0.2, 0.25) is 5.91 Å². The molecule has 4 N–H and O–H groups in total. The Labute approximate surface area is 183 Å². The molecule has 1 aromatic carbocycles. The number of nitrogens with one attached hydrogen (secondary N) is 2. The second-order valence-corrected chi connectivity index (χ2v) is 8.57. The lowest BCUT2D eigenvalue weighted by Crippen LogP contribution is -2.52. The molecule has 0 spiro atoms. The smallest absolute Gasteiger partial charge is 0.323 e. The Morgan fingerprint density at radius 3 is 2.58 bits per heavy atom. The van der Waals surface area contributed by atoms with Gasteiger partial charge in [-0.3, -0.25) is 24.6 Å². The number of carboxylic acids is 2. The van der Waals surface area contributed by atoms with Gasteiger partial charge >= 0.3 is 11.9 Å². The van der Waals surface area contributed by atoms with Crippen molar-refractivity contribution in [1.29, 1.82) is 0 Å². The maximum absolute atomic E-state index is 13.1. The summed E-state index contributed by atoms with van der Waals surface area (Å²) in [5, 5.41) is 25.4. The fourth-order valence-corrected chi connectivity index (χ4v) is 4.64. The van der Waals surface area contributed by atoms with Crippen LogP contribution in [0.4, 0.5) is 5.69 Å². The van der Waals surface area contributed by atoms with Crippen molar-refractivity contribution in [3.05, 3.63) is 29.8 Å². The molecule has 0 saturated carbocycles. The predicted molar refractivity (Wildman–Crippen MR) is 117 cm³/mol. The summed E-state index contributed by atoms with van der Waals surface area (Å²) < 4.78 is 0. The van der Waals surface area contributed by atoms with Crippen LogP contribution in [0.2, 0.25) is 0 Å². The van der Waals surface area contributed by atoms with Gasteiger partial charge in [0.1, 0.15) is 12.6 Å². The van der Waals surface area contributed by atoms with Crippen molar-refractivity contribution in [3.63, 3.8) is 0 Å². The molecule has 1 saturated heterocycles. The molecular formula is C23H33N3O5. The SMILES string of the molecule is O=C(O)CN1C(=O)C(N[C@@H](CCCCC2CCNCC2)C(=O)O)CCc2ccccc21. The molecule has 2 atom stereocenters. The number of piperidine rings is 1. The fourth-order valence-electron chi connectivity index (χ4n) is 4.64. The van der Waals surface area contributed by atoms with Crippen LogP contribution < -0.4 is 15.5 Å². The summed E-state index contributed by atoms with van der Waals surface area (Å²) in [6, 6.07) is 5.71. The number of rotatable bonds is 10. The van der Waals surface area contributed by atoms with Crippen LogP contribution in [0, 0.1) is 5.92 Å². The summed E-state index contributed by atoms with van der Waals surface area (Å²) in [5.41, 5.74) is 1.49. The number of benzene rings is 1. The maximum atomic E-state index is 13.1. The first-order valence-electron chi connectivity index (χ1n) is 11.3. The fraction of sp³-hybridized carbons (Fsp3) is 0.609. The van der Waals surface area contributed by atoms with Gasteiger partial charge in [-0.1, -0.05) is 37.5 Å². The number of aliphatic carboxylic acids is 2. The minimum atomic E-state index is -1.10. The number of aryl methyl sites for hydroxylation is 1. The lowest BCUT2D eigenvalue weighted by Gasteiger charge is -2.27. The first-order valence-corrected chi connectivity index (χ1v) is 11.3. The number of anilines is 1. The van der Waals surface area contributed by atoms with E-state index in [0.717, 1.165) is 37.9 Å². The van der Waals surface area contributed by atoms with E-state index in [0.29, 0.717) is 30.9 Å². The van der Waals surface area contributed by atoms with Crippen molar-refractivity contribution < 1.29 is 24.6 Å². The Hall–Kier alpha value is -2.45. The number of carboxylic acid groups (broad SMARTS) is 2. The summed E-state index contributed by atoms with van der Waals surface area (Å²) in [6.07, 6.45) is 6.70. The Morgan fingerprint density at radius 1 is 1.13 bits per heavy atom. The van der Waals surface area contributed by atoms with Crippen LogP contribution in [0.15, 0.2) is 24.3 Å². The number of unbranched alkanes of at least 4 members (excludes halogenated alkanes) is 1. The molecule has 1 fully saturated rings. The highest BCUT2D eigenvalue weighted by Gasteiger charge is 2.34. The summed E-state index contributed by atoms with van der Waals surface area (Å²) in [4.78, 5) is 37.6. The molecule has 3 rings (SSSR count). The topological polar surface area (TPSA) is 119 Å². The number of nitrogens with zero attached hydrogens (tertiary/aromatic N) is 1. The third kappa shape index (κ3) is 6.51. The van der Waals surface area contributed by atoms with Crippen molar-refractivity contribution in [2.75, 3.05) is 24.5 Å². The van der Waals surface area contributed by atoms with Crippen LogP contribution in [-0.4, -0.2) is 59.8 Å². The van der Waals surface area contributed by atoms with Crippen molar-refractivity contribution >= 4 is 23.5 Å². The number of carbonyl (C=O) groups excluding carboxylic acids is 1. The molecule has 1 aromatic rings. The molecule has 1 unspecified atom stereocenters. The minimum absolute atomic E-state index is 0.381. The molecule has 0 bridgehead atoms. The highest BCUT2D eigenvalue weighted by atomic mass is 16.4. The highest BCUT2D eigenvalue weighted by molar-refractivity contribution is 6.02. The van der Waals surface area contributed by atoms with E-state index in [1.165, 1.54) is 17.7 Å². The molecule has 8 heteroatoms. The van der Waals surface area contributed by atoms with E-state index in [4.69, 9.17) is 0 Å². The monoisotopic (exact) mass is 431 g/mol.